The zero-order chi connectivity index (χ0) is 16.1. The summed E-state index contributed by atoms with van der Waals surface area (Å²) in [7, 11) is 4.02. The van der Waals surface area contributed by atoms with Gasteiger partial charge in [-0.15, -0.1) is 0 Å². The van der Waals surface area contributed by atoms with Gasteiger partial charge in [-0.2, -0.15) is 0 Å². The van der Waals surface area contributed by atoms with E-state index >= 15 is 0 Å². The molecule has 0 aromatic carbocycles. The Morgan fingerprint density at radius 3 is 2.82 bits per heavy atom. The number of aryl methyl sites for hydroxylation is 1. The first-order valence-corrected chi connectivity index (χ1v) is 8.42. The van der Waals surface area contributed by atoms with E-state index in [4.69, 9.17) is 0 Å². The average Bonchev–Trinajstić information content (AvgIpc) is 2.52. The zero-order valence-electron chi connectivity index (χ0n) is 14.4. The van der Waals surface area contributed by atoms with Crippen molar-refractivity contribution in [3.63, 3.8) is 0 Å². The first-order chi connectivity index (χ1) is 10.5. The van der Waals surface area contributed by atoms with Crippen LogP contribution in [0.25, 0.3) is 0 Å². The van der Waals surface area contributed by atoms with Gasteiger partial charge in [0.25, 0.3) is 0 Å². The van der Waals surface area contributed by atoms with Crippen LogP contribution in [0.3, 0.4) is 0 Å². The van der Waals surface area contributed by atoms with Crippen LogP contribution in [0.4, 0.5) is 5.82 Å². The third-order valence-corrected chi connectivity index (χ3v) is 4.39. The molecule has 1 amide bonds. The van der Waals surface area contributed by atoms with E-state index in [0.29, 0.717) is 11.9 Å². The zero-order valence-corrected chi connectivity index (χ0v) is 14.4. The fraction of sp³-hybridized carbons (Fsp3) is 0.667. The van der Waals surface area contributed by atoms with Crippen LogP contribution in [0.15, 0.2) is 18.2 Å². The van der Waals surface area contributed by atoms with Gasteiger partial charge < -0.3 is 9.80 Å². The molecular formula is C18H29N3O. The third kappa shape index (κ3) is 4.21. The van der Waals surface area contributed by atoms with E-state index in [1.165, 1.54) is 6.42 Å². The van der Waals surface area contributed by atoms with E-state index in [-0.39, 0.29) is 5.92 Å². The van der Waals surface area contributed by atoms with Crippen molar-refractivity contribution in [2.75, 3.05) is 25.5 Å². The molecule has 4 nitrogen and oxygen atoms in total. The molecule has 0 saturated carbocycles. The largest absolute Gasteiger partial charge is 0.363 e. The van der Waals surface area contributed by atoms with Crippen molar-refractivity contribution in [1.82, 2.24) is 9.88 Å². The number of amides is 1. The maximum atomic E-state index is 12.4. The Bertz CT molecular complexity index is 499. The fourth-order valence-electron chi connectivity index (χ4n) is 3.09. The molecule has 2 rings (SSSR count). The standard InChI is InChI=1S/C18H29N3O/c1-14(2)18(22)21-13-6-5-9-16(21)12-11-15-8-7-10-17(19-15)20(3)4/h7-8,10,14,16H,5-6,9,11-13H2,1-4H3/t16-/m0/s1. The normalized spacial score (nSPS) is 18.6. The molecule has 1 aliphatic rings. The molecule has 122 valence electrons. The Morgan fingerprint density at radius 1 is 1.36 bits per heavy atom. The molecule has 1 aromatic heterocycles. The minimum atomic E-state index is 0.0933. The van der Waals surface area contributed by atoms with Gasteiger partial charge in [-0.1, -0.05) is 19.9 Å². The number of likely N-dealkylation sites (tertiary alicyclic amines) is 1. The molecule has 2 heterocycles. The van der Waals surface area contributed by atoms with Gasteiger partial charge in [-0.3, -0.25) is 4.79 Å². The highest BCUT2D eigenvalue weighted by molar-refractivity contribution is 5.78. The van der Waals surface area contributed by atoms with E-state index < -0.39 is 0 Å². The summed E-state index contributed by atoms with van der Waals surface area (Å²) in [6.07, 6.45) is 5.46. The summed E-state index contributed by atoms with van der Waals surface area (Å²) in [5.41, 5.74) is 1.12. The number of carbonyl (C=O) groups is 1. The molecule has 1 atom stereocenters. The van der Waals surface area contributed by atoms with Crippen LogP contribution in [-0.2, 0) is 11.2 Å². The Balaban J connectivity index is 1.99. The molecule has 0 aliphatic carbocycles. The van der Waals surface area contributed by atoms with Gasteiger partial charge in [0.15, 0.2) is 0 Å². The molecule has 0 spiro atoms. The van der Waals surface area contributed by atoms with Crippen LogP contribution in [0.1, 0.15) is 45.2 Å². The molecule has 1 fully saturated rings. The maximum Gasteiger partial charge on any atom is 0.225 e. The molecular weight excluding hydrogens is 274 g/mol. The van der Waals surface area contributed by atoms with E-state index in [1.54, 1.807) is 0 Å². The van der Waals surface area contributed by atoms with Gasteiger partial charge in [0.1, 0.15) is 5.82 Å². The van der Waals surface area contributed by atoms with Crippen molar-refractivity contribution < 1.29 is 4.79 Å². The first-order valence-electron chi connectivity index (χ1n) is 8.42. The van der Waals surface area contributed by atoms with Crippen molar-refractivity contribution >= 4 is 11.7 Å². The van der Waals surface area contributed by atoms with E-state index in [2.05, 4.69) is 22.0 Å². The SMILES string of the molecule is CC(C)C(=O)N1CCCC[C@H]1CCc1cccc(N(C)C)n1. The van der Waals surface area contributed by atoms with Gasteiger partial charge >= 0.3 is 0 Å². The number of piperidine rings is 1. The molecule has 0 radical (unpaired) electrons. The third-order valence-electron chi connectivity index (χ3n) is 4.39. The predicted molar refractivity (Wildman–Crippen MR) is 91.1 cm³/mol. The second kappa shape index (κ2) is 7.61. The lowest BCUT2D eigenvalue weighted by Crippen LogP contribution is -2.45. The molecule has 4 heteroatoms. The lowest BCUT2D eigenvalue weighted by Gasteiger charge is -2.37. The number of hydrogen-bond donors (Lipinski definition) is 0. The van der Waals surface area contributed by atoms with Crippen molar-refractivity contribution in [3.8, 4) is 0 Å². The number of hydrogen-bond acceptors (Lipinski definition) is 3. The Labute approximate surface area is 134 Å². The number of rotatable bonds is 5. The van der Waals surface area contributed by atoms with Crippen LogP contribution in [0.2, 0.25) is 0 Å². The summed E-state index contributed by atoms with van der Waals surface area (Å²) in [6, 6.07) is 6.56. The van der Waals surface area contributed by atoms with Gasteiger partial charge in [-0.25, -0.2) is 4.98 Å². The highest BCUT2D eigenvalue weighted by Gasteiger charge is 2.27. The van der Waals surface area contributed by atoms with Crippen LogP contribution >= 0.6 is 0 Å². The molecule has 1 aliphatic heterocycles. The van der Waals surface area contributed by atoms with Crippen LogP contribution in [0, 0.1) is 5.92 Å². The van der Waals surface area contributed by atoms with E-state index in [1.807, 2.05) is 38.9 Å². The summed E-state index contributed by atoms with van der Waals surface area (Å²) in [4.78, 5) is 21.2. The van der Waals surface area contributed by atoms with Crippen LogP contribution < -0.4 is 4.90 Å². The number of nitrogens with zero attached hydrogens (tertiary/aromatic N) is 3. The predicted octanol–water partition coefficient (Wildman–Crippen LogP) is 3.12. The molecule has 1 saturated heterocycles. The van der Waals surface area contributed by atoms with E-state index in [9.17, 15) is 4.79 Å². The molecule has 22 heavy (non-hydrogen) atoms. The Hall–Kier alpha value is -1.58. The minimum Gasteiger partial charge on any atom is -0.363 e. The second-order valence-electron chi connectivity index (χ2n) is 6.76. The van der Waals surface area contributed by atoms with Gasteiger partial charge in [-0.05, 0) is 44.2 Å². The Kier molecular flexibility index (Phi) is 5.81. The summed E-state index contributed by atoms with van der Waals surface area (Å²) in [5.74, 6) is 1.40. The lowest BCUT2D eigenvalue weighted by atomic mass is 9.95. The van der Waals surface area contributed by atoms with Gasteiger partial charge in [0, 0.05) is 38.3 Å². The summed E-state index contributed by atoms with van der Waals surface area (Å²) < 4.78 is 0. The lowest BCUT2D eigenvalue weighted by molar-refractivity contribution is -0.138. The number of pyridine rings is 1. The number of anilines is 1. The smallest absolute Gasteiger partial charge is 0.225 e. The van der Waals surface area contributed by atoms with Crippen LogP contribution in [-0.4, -0.2) is 42.5 Å². The summed E-state index contributed by atoms with van der Waals surface area (Å²) >= 11 is 0. The monoisotopic (exact) mass is 303 g/mol. The maximum absolute atomic E-state index is 12.4. The number of aromatic nitrogens is 1. The van der Waals surface area contributed by atoms with Crippen molar-refractivity contribution in [3.05, 3.63) is 23.9 Å². The van der Waals surface area contributed by atoms with Crippen LogP contribution in [0.5, 0.6) is 0 Å². The molecule has 0 bridgehead atoms. The van der Waals surface area contributed by atoms with Gasteiger partial charge in [0.2, 0.25) is 5.91 Å². The van der Waals surface area contributed by atoms with Crippen molar-refractivity contribution in [2.24, 2.45) is 5.92 Å². The molecule has 0 unspecified atom stereocenters. The van der Waals surface area contributed by atoms with Crippen molar-refractivity contribution in [1.29, 1.82) is 0 Å². The average molecular weight is 303 g/mol. The Morgan fingerprint density at radius 2 is 2.14 bits per heavy atom. The second-order valence-corrected chi connectivity index (χ2v) is 6.76. The fourth-order valence-corrected chi connectivity index (χ4v) is 3.09. The topological polar surface area (TPSA) is 36.4 Å². The minimum absolute atomic E-state index is 0.0933. The summed E-state index contributed by atoms with van der Waals surface area (Å²) in [5, 5.41) is 0. The highest BCUT2D eigenvalue weighted by atomic mass is 16.2. The summed E-state index contributed by atoms with van der Waals surface area (Å²) in [6.45, 7) is 4.92. The molecule has 0 N–H and O–H groups in total. The first kappa shape index (κ1) is 16.8. The van der Waals surface area contributed by atoms with Crippen molar-refractivity contribution in [2.45, 2.75) is 52.0 Å². The highest BCUT2D eigenvalue weighted by Crippen LogP contribution is 2.23. The number of carbonyl (C=O) groups excluding carboxylic acids is 1. The van der Waals surface area contributed by atoms with Gasteiger partial charge in [0.05, 0.1) is 0 Å². The van der Waals surface area contributed by atoms with E-state index in [0.717, 1.165) is 43.7 Å². The quantitative estimate of drug-likeness (QED) is 0.838. The molecule has 1 aromatic rings.